The molecule has 0 bridgehead atoms. The molecule has 2 N–H and O–H groups in total. The van der Waals surface area contributed by atoms with Crippen molar-refractivity contribution < 1.29 is 13.2 Å². The van der Waals surface area contributed by atoms with Gasteiger partial charge in [0.2, 0.25) is 0 Å². The maximum absolute atomic E-state index is 12.6. The molecule has 1 unspecified atom stereocenters. The van der Waals surface area contributed by atoms with E-state index in [-0.39, 0.29) is 30.0 Å². The van der Waals surface area contributed by atoms with Gasteiger partial charge in [0.05, 0.1) is 13.1 Å². The number of likely N-dealkylation sites (tertiary alicyclic amines) is 1. The van der Waals surface area contributed by atoms with Crippen LogP contribution in [0, 0.1) is 0 Å². The second kappa shape index (κ2) is 11.1. The van der Waals surface area contributed by atoms with Crippen molar-refractivity contribution in [2.75, 3.05) is 44.2 Å². The van der Waals surface area contributed by atoms with Gasteiger partial charge in [0.1, 0.15) is 0 Å². The van der Waals surface area contributed by atoms with Crippen LogP contribution in [0.4, 0.5) is 18.9 Å². The molecule has 2 aliphatic heterocycles. The number of halogens is 4. The van der Waals surface area contributed by atoms with Crippen molar-refractivity contribution in [1.82, 2.24) is 15.5 Å². The SMILES string of the molecule is CCNC(=NCc1cccc(N2CC=CC2)c1)NC1CCN(CC(F)(F)F)C1.I. The van der Waals surface area contributed by atoms with Crippen molar-refractivity contribution in [2.45, 2.75) is 32.1 Å². The Hall–Kier alpha value is -1.49. The van der Waals surface area contributed by atoms with Gasteiger partial charge < -0.3 is 15.5 Å². The Morgan fingerprint density at radius 3 is 2.69 bits per heavy atom. The summed E-state index contributed by atoms with van der Waals surface area (Å²) in [7, 11) is 0. The summed E-state index contributed by atoms with van der Waals surface area (Å²) in [4.78, 5) is 8.36. The number of aliphatic imine (C=N–C) groups is 1. The zero-order valence-electron chi connectivity index (χ0n) is 16.6. The summed E-state index contributed by atoms with van der Waals surface area (Å²) in [5, 5.41) is 6.47. The Labute approximate surface area is 187 Å². The van der Waals surface area contributed by atoms with Crippen LogP contribution in [0.5, 0.6) is 0 Å². The second-order valence-electron chi connectivity index (χ2n) is 7.22. The average Bonchev–Trinajstić information content (AvgIpc) is 3.31. The molecule has 1 saturated heterocycles. The maximum atomic E-state index is 12.6. The fourth-order valence-electron chi connectivity index (χ4n) is 3.57. The monoisotopic (exact) mass is 523 g/mol. The molecule has 5 nitrogen and oxygen atoms in total. The third-order valence-electron chi connectivity index (χ3n) is 4.87. The largest absolute Gasteiger partial charge is 0.401 e. The van der Waals surface area contributed by atoms with E-state index in [1.807, 2.05) is 19.1 Å². The third kappa shape index (κ3) is 7.69. The highest BCUT2D eigenvalue weighted by Gasteiger charge is 2.34. The van der Waals surface area contributed by atoms with E-state index in [0.717, 1.165) is 18.7 Å². The van der Waals surface area contributed by atoms with Crippen molar-refractivity contribution in [2.24, 2.45) is 4.99 Å². The topological polar surface area (TPSA) is 42.9 Å². The van der Waals surface area contributed by atoms with E-state index in [1.54, 1.807) is 0 Å². The molecule has 0 saturated carbocycles. The van der Waals surface area contributed by atoms with Crippen molar-refractivity contribution in [3.05, 3.63) is 42.0 Å². The lowest BCUT2D eigenvalue weighted by atomic mass is 10.2. The molecular weight excluding hydrogens is 494 g/mol. The molecule has 1 aromatic carbocycles. The number of nitrogens with zero attached hydrogens (tertiary/aromatic N) is 3. The highest BCUT2D eigenvalue weighted by Crippen LogP contribution is 2.20. The number of hydrogen-bond donors (Lipinski definition) is 2. The van der Waals surface area contributed by atoms with Gasteiger partial charge in [-0.15, -0.1) is 24.0 Å². The number of rotatable bonds is 6. The van der Waals surface area contributed by atoms with Gasteiger partial charge >= 0.3 is 6.18 Å². The molecule has 0 amide bonds. The van der Waals surface area contributed by atoms with Crippen LogP contribution < -0.4 is 15.5 Å². The first-order valence-corrected chi connectivity index (χ1v) is 9.76. The van der Waals surface area contributed by atoms with E-state index in [9.17, 15) is 13.2 Å². The first-order chi connectivity index (χ1) is 13.4. The van der Waals surface area contributed by atoms with Gasteiger partial charge in [0.15, 0.2) is 5.96 Å². The van der Waals surface area contributed by atoms with Crippen LogP contribution >= 0.6 is 24.0 Å². The Kier molecular flexibility index (Phi) is 9.06. The van der Waals surface area contributed by atoms with Gasteiger partial charge in [-0.25, -0.2) is 4.99 Å². The van der Waals surface area contributed by atoms with Gasteiger partial charge in [0, 0.05) is 44.5 Å². The first kappa shape index (κ1) is 23.8. The summed E-state index contributed by atoms with van der Waals surface area (Å²) < 4.78 is 37.7. The highest BCUT2D eigenvalue weighted by atomic mass is 127. The summed E-state index contributed by atoms with van der Waals surface area (Å²) in [5.41, 5.74) is 2.28. The minimum atomic E-state index is -4.15. The van der Waals surface area contributed by atoms with Crippen LogP contribution in [-0.2, 0) is 6.54 Å². The predicted molar refractivity (Wildman–Crippen MR) is 122 cm³/mol. The van der Waals surface area contributed by atoms with Gasteiger partial charge in [0.25, 0.3) is 0 Å². The summed E-state index contributed by atoms with van der Waals surface area (Å²) in [6.45, 7) is 5.01. The minimum Gasteiger partial charge on any atom is -0.364 e. The molecule has 0 radical (unpaired) electrons. The van der Waals surface area contributed by atoms with E-state index in [4.69, 9.17) is 0 Å². The molecule has 0 spiro atoms. The summed E-state index contributed by atoms with van der Waals surface area (Å²) in [6.07, 6.45) is 0.838. The standard InChI is InChI=1S/C20H28F3N5.HI/c1-2-24-19(26-17-8-11-27(14-17)15-20(21,22)23)25-13-16-6-5-7-18(12-16)28-9-3-4-10-28;/h3-7,12,17H,2,8-11,13-15H2,1H3,(H2,24,25,26);1H. The smallest absolute Gasteiger partial charge is 0.364 e. The van der Waals surface area contributed by atoms with E-state index < -0.39 is 12.7 Å². The molecule has 162 valence electrons. The van der Waals surface area contributed by atoms with Gasteiger partial charge in [-0.3, -0.25) is 4.90 Å². The van der Waals surface area contributed by atoms with Crippen LogP contribution in [0.1, 0.15) is 18.9 Å². The van der Waals surface area contributed by atoms with Crippen molar-refractivity contribution in [1.29, 1.82) is 0 Å². The van der Waals surface area contributed by atoms with Gasteiger partial charge in [-0.2, -0.15) is 13.2 Å². The molecular formula is C20H29F3IN5. The van der Waals surface area contributed by atoms with Gasteiger partial charge in [-0.1, -0.05) is 24.3 Å². The number of guanidine groups is 1. The number of alkyl halides is 3. The van der Waals surface area contributed by atoms with E-state index in [0.29, 0.717) is 38.6 Å². The number of nitrogens with one attached hydrogen (secondary N) is 2. The normalized spacial score (nSPS) is 20.1. The van der Waals surface area contributed by atoms with Crippen LogP contribution in [-0.4, -0.2) is 62.3 Å². The molecule has 2 aliphatic rings. The van der Waals surface area contributed by atoms with Crippen LogP contribution in [0.15, 0.2) is 41.4 Å². The van der Waals surface area contributed by atoms with Crippen molar-refractivity contribution in [3.63, 3.8) is 0 Å². The van der Waals surface area contributed by atoms with Crippen molar-refractivity contribution >= 4 is 35.6 Å². The molecule has 3 rings (SSSR count). The van der Waals surface area contributed by atoms with E-state index in [2.05, 4.69) is 44.8 Å². The third-order valence-corrected chi connectivity index (χ3v) is 4.87. The molecule has 2 heterocycles. The van der Waals surface area contributed by atoms with E-state index >= 15 is 0 Å². The molecule has 1 aromatic rings. The lowest BCUT2D eigenvalue weighted by molar-refractivity contribution is -0.143. The lowest BCUT2D eigenvalue weighted by Gasteiger charge is -2.20. The highest BCUT2D eigenvalue weighted by molar-refractivity contribution is 14.0. The molecule has 9 heteroatoms. The molecule has 0 aliphatic carbocycles. The molecule has 1 atom stereocenters. The first-order valence-electron chi connectivity index (χ1n) is 9.76. The fraction of sp³-hybridized carbons (Fsp3) is 0.550. The van der Waals surface area contributed by atoms with Crippen LogP contribution in [0.2, 0.25) is 0 Å². The van der Waals surface area contributed by atoms with Crippen molar-refractivity contribution in [3.8, 4) is 0 Å². The van der Waals surface area contributed by atoms with Crippen LogP contribution in [0.3, 0.4) is 0 Å². The molecule has 0 aromatic heterocycles. The van der Waals surface area contributed by atoms with E-state index in [1.165, 1.54) is 10.6 Å². The Balaban J connectivity index is 0.00000300. The van der Waals surface area contributed by atoms with Gasteiger partial charge in [-0.05, 0) is 31.0 Å². The number of benzene rings is 1. The number of anilines is 1. The maximum Gasteiger partial charge on any atom is 0.401 e. The lowest BCUT2D eigenvalue weighted by Crippen LogP contribution is -2.45. The molecule has 1 fully saturated rings. The summed E-state index contributed by atoms with van der Waals surface area (Å²) in [6, 6.07) is 8.28. The molecule has 29 heavy (non-hydrogen) atoms. The Morgan fingerprint density at radius 1 is 1.24 bits per heavy atom. The Bertz CT molecular complexity index is 700. The zero-order valence-corrected chi connectivity index (χ0v) is 18.9. The second-order valence-corrected chi connectivity index (χ2v) is 7.22. The quantitative estimate of drug-likeness (QED) is 0.260. The zero-order chi connectivity index (χ0) is 20.0. The Morgan fingerprint density at radius 2 is 2.00 bits per heavy atom. The minimum absolute atomic E-state index is 0. The summed E-state index contributed by atoms with van der Waals surface area (Å²) in [5.74, 6) is 0.648. The number of hydrogen-bond acceptors (Lipinski definition) is 3. The summed E-state index contributed by atoms with van der Waals surface area (Å²) >= 11 is 0. The fourth-order valence-corrected chi connectivity index (χ4v) is 3.57. The van der Waals surface area contributed by atoms with Crippen LogP contribution in [0.25, 0.3) is 0 Å². The predicted octanol–water partition coefficient (Wildman–Crippen LogP) is 3.37. The average molecular weight is 523 g/mol.